The van der Waals surface area contributed by atoms with Gasteiger partial charge in [-0.15, -0.1) is 0 Å². The lowest BCUT2D eigenvalue weighted by Crippen LogP contribution is -2.45. The summed E-state index contributed by atoms with van der Waals surface area (Å²) in [5.74, 6) is -0.450. The quantitative estimate of drug-likeness (QED) is 0.469. The van der Waals surface area contributed by atoms with E-state index in [0.717, 1.165) is 0 Å². The van der Waals surface area contributed by atoms with E-state index in [1.165, 1.54) is 0 Å². The van der Waals surface area contributed by atoms with E-state index >= 15 is 0 Å². The summed E-state index contributed by atoms with van der Waals surface area (Å²) in [6, 6.07) is -1.24. The molecule has 0 aliphatic heterocycles. The van der Waals surface area contributed by atoms with Crippen LogP contribution >= 0.6 is 12.2 Å². The number of nitrogens with two attached hydrogens (primary N) is 2. The molecule has 5 N–H and O–H groups in total. The van der Waals surface area contributed by atoms with E-state index in [4.69, 9.17) is 33.2 Å². The Morgan fingerprint density at radius 1 is 1.04 bits per heavy atom. The SMILES string of the molecule is CC(C)(C)OC(=O)N[C@@H](CCCC(N)C(=O)OC(C)(C)C)C(N)=S. The molecule has 0 saturated heterocycles. The molecule has 0 aliphatic carbocycles. The highest BCUT2D eigenvalue weighted by atomic mass is 32.1. The van der Waals surface area contributed by atoms with E-state index in [-0.39, 0.29) is 4.99 Å². The second-order valence-corrected chi connectivity index (χ2v) is 8.14. The van der Waals surface area contributed by atoms with Gasteiger partial charge in [-0.05, 0) is 60.8 Å². The van der Waals surface area contributed by atoms with Crippen LogP contribution in [0.4, 0.5) is 4.79 Å². The van der Waals surface area contributed by atoms with Crippen LogP contribution < -0.4 is 16.8 Å². The number of amides is 1. The first kappa shape index (κ1) is 22.6. The Kier molecular flexibility index (Phi) is 8.63. The van der Waals surface area contributed by atoms with E-state index in [9.17, 15) is 9.59 Å². The van der Waals surface area contributed by atoms with E-state index in [1.54, 1.807) is 41.5 Å². The molecule has 0 spiro atoms. The summed E-state index contributed by atoms with van der Waals surface area (Å²) in [5, 5.41) is 2.63. The number of hydrogen-bond donors (Lipinski definition) is 3. The number of nitrogens with one attached hydrogen (secondary N) is 1. The topological polar surface area (TPSA) is 117 Å². The van der Waals surface area contributed by atoms with E-state index in [0.29, 0.717) is 19.3 Å². The molecule has 0 aliphatic rings. The van der Waals surface area contributed by atoms with Crippen LogP contribution in [0, 0.1) is 0 Å². The predicted molar refractivity (Wildman–Crippen MR) is 97.6 cm³/mol. The molecule has 0 aromatic heterocycles. The third-order valence-electron chi connectivity index (χ3n) is 2.75. The van der Waals surface area contributed by atoms with Crippen LogP contribution in [0.15, 0.2) is 0 Å². The van der Waals surface area contributed by atoms with Crippen LogP contribution in [0.5, 0.6) is 0 Å². The van der Waals surface area contributed by atoms with Crippen molar-refractivity contribution in [2.75, 3.05) is 0 Å². The lowest BCUT2D eigenvalue weighted by atomic mass is 10.1. The lowest BCUT2D eigenvalue weighted by molar-refractivity contribution is -0.156. The molecule has 0 aromatic carbocycles. The number of thiocarbonyl (C=S) groups is 1. The third kappa shape index (κ3) is 11.2. The molecule has 0 rings (SSSR count). The number of alkyl carbamates (subject to hydrolysis) is 1. The summed E-state index contributed by atoms with van der Waals surface area (Å²) < 4.78 is 10.4. The minimum atomic E-state index is -0.724. The van der Waals surface area contributed by atoms with Gasteiger partial charge in [-0.3, -0.25) is 4.79 Å². The lowest BCUT2D eigenvalue weighted by Gasteiger charge is -2.24. The van der Waals surface area contributed by atoms with Gasteiger partial charge in [0, 0.05) is 0 Å². The highest BCUT2D eigenvalue weighted by Crippen LogP contribution is 2.12. The number of carbonyl (C=O) groups is 2. The Morgan fingerprint density at radius 2 is 1.54 bits per heavy atom. The van der Waals surface area contributed by atoms with Gasteiger partial charge in [0.25, 0.3) is 0 Å². The zero-order valence-corrected chi connectivity index (χ0v) is 16.3. The predicted octanol–water partition coefficient (Wildman–Crippen LogP) is 2.01. The fourth-order valence-corrected chi connectivity index (χ4v) is 1.95. The summed E-state index contributed by atoms with van der Waals surface area (Å²) in [4.78, 5) is 23.8. The van der Waals surface area contributed by atoms with Crippen molar-refractivity contribution in [3.63, 3.8) is 0 Å². The van der Waals surface area contributed by atoms with Crippen molar-refractivity contribution in [1.29, 1.82) is 0 Å². The molecule has 0 aromatic rings. The maximum Gasteiger partial charge on any atom is 0.408 e. The molecule has 0 radical (unpaired) electrons. The minimum Gasteiger partial charge on any atom is -0.459 e. The normalized spacial score (nSPS) is 14.5. The summed E-state index contributed by atoms with van der Waals surface area (Å²) in [6.45, 7) is 10.6. The standard InChI is InChI=1S/C16H31N3O4S/c1-15(2,3)22-13(20)10(17)8-7-9-11(12(18)24)19-14(21)23-16(4,5)6/h10-11H,7-9,17H2,1-6H3,(H2,18,24)(H,19,21)/t10?,11-/m0/s1. The number of carbonyl (C=O) groups excluding carboxylic acids is 2. The van der Waals surface area contributed by atoms with Crippen LogP contribution in [0.2, 0.25) is 0 Å². The summed E-state index contributed by atoms with van der Waals surface area (Å²) in [7, 11) is 0. The maximum atomic E-state index is 11.8. The molecule has 140 valence electrons. The van der Waals surface area contributed by atoms with Gasteiger partial charge < -0.3 is 26.3 Å². The Balaban J connectivity index is 4.39. The van der Waals surface area contributed by atoms with Crippen LogP contribution in [0.1, 0.15) is 60.8 Å². The van der Waals surface area contributed by atoms with Gasteiger partial charge in [-0.1, -0.05) is 12.2 Å². The Bertz CT molecular complexity index is 455. The first-order chi connectivity index (χ1) is 10.7. The summed E-state index contributed by atoms with van der Waals surface area (Å²) in [5.41, 5.74) is 10.3. The van der Waals surface area contributed by atoms with Crippen molar-refractivity contribution in [2.24, 2.45) is 11.5 Å². The number of hydrogen-bond acceptors (Lipinski definition) is 6. The second-order valence-electron chi connectivity index (χ2n) is 7.67. The molecule has 0 fully saturated rings. The average Bonchev–Trinajstić information content (AvgIpc) is 2.32. The van der Waals surface area contributed by atoms with Gasteiger partial charge in [0.15, 0.2) is 0 Å². The number of ether oxygens (including phenoxy) is 2. The highest BCUT2D eigenvalue weighted by molar-refractivity contribution is 7.80. The van der Waals surface area contributed by atoms with E-state index in [1.807, 2.05) is 0 Å². The van der Waals surface area contributed by atoms with Gasteiger partial charge in [0.2, 0.25) is 0 Å². The first-order valence-electron chi connectivity index (χ1n) is 7.98. The van der Waals surface area contributed by atoms with Crippen molar-refractivity contribution in [1.82, 2.24) is 5.32 Å². The third-order valence-corrected chi connectivity index (χ3v) is 3.04. The van der Waals surface area contributed by atoms with Crippen LogP contribution in [-0.4, -0.2) is 40.3 Å². The molecule has 1 amide bonds. The molecular formula is C16H31N3O4S. The molecular weight excluding hydrogens is 330 g/mol. The van der Waals surface area contributed by atoms with Crippen LogP contribution in [0.25, 0.3) is 0 Å². The van der Waals surface area contributed by atoms with Gasteiger partial charge in [-0.2, -0.15) is 0 Å². The number of esters is 1. The molecule has 0 heterocycles. The Hall–Kier alpha value is -1.41. The molecule has 7 nitrogen and oxygen atoms in total. The van der Waals surface area contributed by atoms with Gasteiger partial charge >= 0.3 is 12.1 Å². The highest BCUT2D eigenvalue weighted by Gasteiger charge is 2.24. The Morgan fingerprint density at radius 3 is 1.96 bits per heavy atom. The largest absolute Gasteiger partial charge is 0.459 e. The second kappa shape index (κ2) is 9.17. The van der Waals surface area contributed by atoms with Crippen molar-refractivity contribution >= 4 is 29.3 Å². The maximum absolute atomic E-state index is 11.8. The molecule has 8 heteroatoms. The van der Waals surface area contributed by atoms with Gasteiger partial charge in [-0.25, -0.2) is 4.79 Å². The first-order valence-corrected chi connectivity index (χ1v) is 8.39. The molecule has 0 saturated carbocycles. The number of rotatable bonds is 7. The average molecular weight is 362 g/mol. The van der Waals surface area contributed by atoms with Gasteiger partial charge in [0.05, 0.1) is 11.0 Å². The monoisotopic (exact) mass is 361 g/mol. The fourth-order valence-electron chi connectivity index (χ4n) is 1.77. The molecule has 0 bridgehead atoms. The van der Waals surface area contributed by atoms with Gasteiger partial charge in [0.1, 0.15) is 17.2 Å². The zero-order chi connectivity index (χ0) is 19.1. The fraction of sp³-hybridized carbons (Fsp3) is 0.812. The van der Waals surface area contributed by atoms with Crippen molar-refractivity contribution in [3.8, 4) is 0 Å². The summed E-state index contributed by atoms with van der Waals surface area (Å²) in [6.07, 6.45) is 0.838. The molecule has 1 unspecified atom stereocenters. The van der Waals surface area contributed by atoms with E-state index in [2.05, 4.69) is 5.32 Å². The summed E-state index contributed by atoms with van der Waals surface area (Å²) >= 11 is 4.96. The minimum absolute atomic E-state index is 0.159. The van der Waals surface area contributed by atoms with Crippen LogP contribution in [-0.2, 0) is 14.3 Å². The van der Waals surface area contributed by atoms with E-state index < -0.39 is 35.3 Å². The van der Waals surface area contributed by atoms with Crippen molar-refractivity contribution in [2.45, 2.75) is 84.1 Å². The zero-order valence-electron chi connectivity index (χ0n) is 15.5. The molecule has 2 atom stereocenters. The van der Waals surface area contributed by atoms with Crippen LogP contribution in [0.3, 0.4) is 0 Å². The van der Waals surface area contributed by atoms with Crippen molar-refractivity contribution in [3.05, 3.63) is 0 Å². The smallest absolute Gasteiger partial charge is 0.408 e. The Labute approximate surface area is 149 Å². The van der Waals surface area contributed by atoms with Crippen molar-refractivity contribution < 1.29 is 19.1 Å². The molecule has 24 heavy (non-hydrogen) atoms.